The van der Waals surface area contributed by atoms with Crippen LogP contribution in [0.25, 0.3) is 0 Å². The molecule has 156 valence electrons. The van der Waals surface area contributed by atoms with Crippen LogP contribution < -0.4 is 10.1 Å². The minimum atomic E-state index is 0.239. The van der Waals surface area contributed by atoms with Crippen molar-refractivity contribution >= 4 is 0 Å². The van der Waals surface area contributed by atoms with E-state index in [4.69, 9.17) is 4.74 Å². The second-order valence-electron chi connectivity index (χ2n) is 8.56. The van der Waals surface area contributed by atoms with Gasteiger partial charge in [0.15, 0.2) is 0 Å². The number of benzene rings is 3. The number of methoxy groups -OCH3 is 1. The molecule has 0 bridgehead atoms. The zero-order valence-electron chi connectivity index (χ0n) is 18.2. The summed E-state index contributed by atoms with van der Waals surface area (Å²) in [4.78, 5) is 0. The molecule has 3 aromatic rings. The largest absolute Gasteiger partial charge is 0.497 e. The molecule has 1 N–H and O–H groups in total. The van der Waals surface area contributed by atoms with E-state index in [1.165, 1.54) is 48.8 Å². The van der Waals surface area contributed by atoms with Crippen LogP contribution in [0.4, 0.5) is 0 Å². The Morgan fingerprint density at radius 2 is 1.47 bits per heavy atom. The molecule has 4 rings (SSSR count). The van der Waals surface area contributed by atoms with Gasteiger partial charge in [0.1, 0.15) is 5.75 Å². The van der Waals surface area contributed by atoms with E-state index < -0.39 is 0 Å². The maximum absolute atomic E-state index is 5.49. The minimum absolute atomic E-state index is 0.239. The number of hydrogen-bond acceptors (Lipinski definition) is 2. The molecule has 0 unspecified atom stereocenters. The van der Waals surface area contributed by atoms with E-state index in [1.807, 2.05) is 6.07 Å². The molecule has 3 aromatic carbocycles. The fourth-order valence-corrected chi connectivity index (χ4v) is 5.05. The molecule has 1 aliphatic carbocycles. The second kappa shape index (κ2) is 9.49. The third-order valence-electron chi connectivity index (χ3n) is 6.97. The Morgan fingerprint density at radius 1 is 0.867 bits per heavy atom. The van der Waals surface area contributed by atoms with Crippen molar-refractivity contribution in [1.29, 1.82) is 0 Å². The lowest BCUT2D eigenvalue weighted by atomic mass is 9.66. The zero-order chi connectivity index (χ0) is 20.8. The van der Waals surface area contributed by atoms with Crippen LogP contribution in [0.2, 0.25) is 0 Å². The number of rotatable bonds is 7. The van der Waals surface area contributed by atoms with Gasteiger partial charge in [0, 0.05) is 6.04 Å². The van der Waals surface area contributed by atoms with Gasteiger partial charge in [-0.2, -0.15) is 0 Å². The van der Waals surface area contributed by atoms with Gasteiger partial charge < -0.3 is 10.1 Å². The van der Waals surface area contributed by atoms with Crippen molar-refractivity contribution in [1.82, 2.24) is 5.32 Å². The Hall–Kier alpha value is -2.58. The molecule has 0 saturated heterocycles. The lowest BCUT2D eigenvalue weighted by Gasteiger charge is -2.41. The molecule has 0 spiro atoms. The van der Waals surface area contributed by atoms with Gasteiger partial charge in [0.2, 0.25) is 0 Å². The average Bonchev–Trinajstić information content (AvgIpc) is 2.84. The van der Waals surface area contributed by atoms with Crippen LogP contribution in [0.5, 0.6) is 5.75 Å². The summed E-state index contributed by atoms with van der Waals surface area (Å²) in [5, 5.41) is 4.00. The van der Waals surface area contributed by atoms with Crippen LogP contribution in [-0.2, 0) is 5.41 Å². The molecule has 1 aliphatic rings. The summed E-state index contributed by atoms with van der Waals surface area (Å²) in [5.74, 6) is 0.966. The fourth-order valence-electron chi connectivity index (χ4n) is 5.05. The Bertz CT molecular complexity index is 874. The Labute approximate surface area is 181 Å². The topological polar surface area (TPSA) is 21.3 Å². The first-order valence-electron chi connectivity index (χ1n) is 11.2. The Balaban J connectivity index is 1.51. The molecule has 0 amide bonds. The van der Waals surface area contributed by atoms with Gasteiger partial charge in [-0.25, -0.2) is 0 Å². The summed E-state index contributed by atoms with van der Waals surface area (Å²) in [6.07, 6.45) is 5.99. The van der Waals surface area contributed by atoms with Gasteiger partial charge in [-0.15, -0.1) is 0 Å². The first-order chi connectivity index (χ1) is 14.7. The van der Waals surface area contributed by atoms with Crippen LogP contribution in [0.1, 0.15) is 61.8 Å². The predicted octanol–water partition coefficient (Wildman–Crippen LogP) is 6.66. The van der Waals surface area contributed by atoms with Gasteiger partial charge in [-0.05, 0) is 66.3 Å². The third kappa shape index (κ3) is 4.44. The Kier molecular flexibility index (Phi) is 6.54. The van der Waals surface area contributed by atoms with Gasteiger partial charge in [-0.3, -0.25) is 0 Å². The highest BCUT2D eigenvalue weighted by atomic mass is 16.5. The molecular formula is C28H33NO. The summed E-state index contributed by atoms with van der Waals surface area (Å²) in [5.41, 5.74) is 4.37. The minimum Gasteiger partial charge on any atom is -0.497 e. The average molecular weight is 400 g/mol. The zero-order valence-corrected chi connectivity index (χ0v) is 18.2. The van der Waals surface area contributed by atoms with Crippen molar-refractivity contribution in [3.05, 3.63) is 102 Å². The van der Waals surface area contributed by atoms with E-state index in [9.17, 15) is 0 Å². The molecule has 2 heteroatoms. The van der Waals surface area contributed by atoms with Crippen LogP contribution in [0.3, 0.4) is 0 Å². The van der Waals surface area contributed by atoms with E-state index >= 15 is 0 Å². The monoisotopic (exact) mass is 399 g/mol. The number of nitrogens with one attached hydrogen (secondary N) is 1. The van der Waals surface area contributed by atoms with Crippen molar-refractivity contribution in [3.8, 4) is 5.75 Å². The van der Waals surface area contributed by atoms with Crippen LogP contribution >= 0.6 is 0 Å². The van der Waals surface area contributed by atoms with Gasteiger partial charge in [-0.1, -0.05) is 79.7 Å². The summed E-state index contributed by atoms with van der Waals surface area (Å²) < 4.78 is 5.49. The van der Waals surface area contributed by atoms with Crippen molar-refractivity contribution in [2.24, 2.45) is 0 Å². The lowest BCUT2D eigenvalue weighted by molar-refractivity contribution is 0.232. The molecule has 0 atom stereocenters. The smallest absolute Gasteiger partial charge is 0.119 e. The highest BCUT2D eigenvalue weighted by molar-refractivity contribution is 5.35. The second-order valence-corrected chi connectivity index (χ2v) is 8.56. The van der Waals surface area contributed by atoms with E-state index in [0.29, 0.717) is 6.04 Å². The summed E-state index contributed by atoms with van der Waals surface area (Å²) in [7, 11) is 1.76. The van der Waals surface area contributed by atoms with E-state index in [2.05, 4.69) is 91.1 Å². The van der Waals surface area contributed by atoms with E-state index in [0.717, 1.165) is 5.75 Å². The maximum atomic E-state index is 5.49. The van der Waals surface area contributed by atoms with Gasteiger partial charge in [0.25, 0.3) is 0 Å². The number of hydrogen-bond donors (Lipinski definition) is 1. The van der Waals surface area contributed by atoms with Gasteiger partial charge >= 0.3 is 0 Å². The molecule has 30 heavy (non-hydrogen) atoms. The van der Waals surface area contributed by atoms with Crippen molar-refractivity contribution in [3.63, 3.8) is 0 Å². The normalized spacial score (nSPS) is 21.5. The van der Waals surface area contributed by atoms with Crippen LogP contribution in [0.15, 0.2) is 84.9 Å². The van der Waals surface area contributed by atoms with Gasteiger partial charge in [0.05, 0.1) is 13.2 Å². The molecule has 2 nitrogen and oxygen atoms in total. The van der Waals surface area contributed by atoms with E-state index in [-0.39, 0.29) is 11.5 Å². The summed E-state index contributed by atoms with van der Waals surface area (Å²) in [6.45, 7) is 2.34. The standard InChI is InChI=1S/C28H33NO/c1-3-28(24-15-10-16-26(21-24)30-2)19-17-25(18-20-28)29-27(22-11-6-4-7-12-22)23-13-8-5-9-14-23/h4-16,21,25,27,29H,3,17-20H2,1-2H3/t25-,28+. The molecule has 0 heterocycles. The van der Waals surface area contributed by atoms with E-state index in [1.54, 1.807) is 7.11 Å². The lowest BCUT2D eigenvalue weighted by Crippen LogP contribution is -2.41. The SMILES string of the molecule is CC[C@]1(c2cccc(OC)c2)CC[C@@H](NC(c2ccccc2)c2ccccc2)CC1. The maximum Gasteiger partial charge on any atom is 0.119 e. The fraction of sp³-hybridized carbons (Fsp3) is 0.357. The summed E-state index contributed by atoms with van der Waals surface area (Å²) in [6, 6.07) is 31.2. The molecule has 0 aromatic heterocycles. The first kappa shape index (κ1) is 20.7. The molecular weight excluding hydrogens is 366 g/mol. The Morgan fingerprint density at radius 3 is 2.00 bits per heavy atom. The summed E-state index contributed by atoms with van der Waals surface area (Å²) >= 11 is 0. The van der Waals surface area contributed by atoms with Crippen LogP contribution in [-0.4, -0.2) is 13.2 Å². The predicted molar refractivity (Wildman–Crippen MR) is 125 cm³/mol. The first-order valence-corrected chi connectivity index (χ1v) is 11.2. The quantitative estimate of drug-likeness (QED) is 0.479. The van der Waals surface area contributed by atoms with Crippen molar-refractivity contribution < 1.29 is 4.74 Å². The molecule has 1 saturated carbocycles. The van der Waals surface area contributed by atoms with Crippen molar-refractivity contribution in [2.75, 3.05) is 7.11 Å². The molecule has 0 aliphatic heterocycles. The third-order valence-corrected chi connectivity index (χ3v) is 6.97. The molecule has 1 fully saturated rings. The highest BCUT2D eigenvalue weighted by Gasteiger charge is 2.36. The molecule has 0 radical (unpaired) electrons. The van der Waals surface area contributed by atoms with Crippen LogP contribution in [0, 0.1) is 0 Å². The van der Waals surface area contributed by atoms with Crippen molar-refractivity contribution in [2.45, 2.75) is 56.5 Å². The number of ether oxygens (including phenoxy) is 1. The highest BCUT2D eigenvalue weighted by Crippen LogP contribution is 2.43.